The fraction of sp³-hybridized carbons (Fsp3) is 0.304. The molecule has 1 saturated heterocycles. The summed E-state index contributed by atoms with van der Waals surface area (Å²) in [4.78, 5) is 17.0. The Kier molecular flexibility index (Phi) is 7.19. The normalized spacial score (nSPS) is 14.4. The molecule has 0 N–H and O–H groups in total. The van der Waals surface area contributed by atoms with Crippen LogP contribution in [0.2, 0.25) is 10.0 Å². The number of aromatic nitrogens is 2. The highest BCUT2D eigenvalue weighted by Gasteiger charge is 2.24. The second kappa shape index (κ2) is 10.3. The van der Waals surface area contributed by atoms with Crippen LogP contribution in [0.1, 0.15) is 16.1 Å². The molecule has 2 heterocycles. The minimum absolute atomic E-state index is 0.0782. The van der Waals surface area contributed by atoms with Crippen LogP contribution < -0.4 is 9.47 Å². The second-order valence-electron chi connectivity index (χ2n) is 7.49. The fourth-order valence-corrected chi connectivity index (χ4v) is 3.93. The minimum Gasteiger partial charge on any atom is -0.497 e. The lowest BCUT2D eigenvalue weighted by Gasteiger charge is -2.34. The number of piperazine rings is 1. The maximum absolute atomic E-state index is 12.9. The largest absolute Gasteiger partial charge is 0.497 e. The van der Waals surface area contributed by atoms with E-state index in [0.29, 0.717) is 34.6 Å². The van der Waals surface area contributed by atoms with Crippen molar-refractivity contribution >= 4 is 29.1 Å². The molecule has 168 valence electrons. The van der Waals surface area contributed by atoms with E-state index in [0.717, 1.165) is 25.4 Å². The molecule has 0 spiro atoms. The summed E-state index contributed by atoms with van der Waals surface area (Å²) >= 11 is 12.1. The van der Waals surface area contributed by atoms with E-state index >= 15 is 0 Å². The van der Waals surface area contributed by atoms with E-state index in [1.807, 2.05) is 23.1 Å². The van der Waals surface area contributed by atoms with E-state index in [2.05, 4.69) is 16.1 Å². The minimum atomic E-state index is -0.0782. The van der Waals surface area contributed by atoms with Gasteiger partial charge in [0.15, 0.2) is 12.4 Å². The third kappa shape index (κ3) is 5.35. The molecule has 1 aliphatic heterocycles. The van der Waals surface area contributed by atoms with Gasteiger partial charge in [0.2, 0.25) is 0 Å². The van der Waals surface area contributed by atoms with Gasteiger partial charge in [-0.05, 0) is 35.9 Å². The van der Waals surface area contributed by atoms with E-state index in [1.165, 1.54) is 5.56 Å². The molecule has 0 bridgehead atoms. The molecule has 1 amide bonds. The molecule has 32 heavy (non-hydrogen) atoms. The first-order valence-electron chi connectivity index (χ1n) is 10.3. The van der Waals surface area contributed by atoms with Gasteiger partial charge < -0.3 is 14.4 Å². The van der Waals surface area contributed by atoms with Gasteiger partial charge in [0.1, 0.15) is 16.5 Å². The first-order chi connectivity index (χ1) is 15.5. The lowest BCUT2D eigenvalue weighted by Crippen LogP contribution is -2.48. The number of carbonyl (C=O) groups is 1. The van der Waals surface area contributed by atoms with Crippen molar-refractivity contribution in [1.29, 1.82) is 0 Å². The maximum atomic E-state index is 12.9. The summed E-state index contributed by atoms with van der Waals surface area (Å²) in [6.07, 6.45) is 1.71. The number of methoxy groups -OCH3 is 1. The van der Waals surface area contributed by atoms with Crippen molar-refractivity contribution in [3.63, 3.8) is 0 Å². The standard InChI is InChI=1S/C23H24Cl2N4O3/c1-31-18-5-2-4-17(14-18)15-27-10-12-28(13-11-27)23(30)20-8-9-29(26-20)16-32-21-7-3-6-19(24)22(21)25/h2-9,14H,10-13,15-16H2,1H3. The van der Waals surface area contributed by atoms with Gasteiger partial charge in [-0.3, -0.25) is 9.69 Å². The zero-order valence-corrected chi connectivity index (χ0v) is 19.2. The monoisotopic (exact) mass is 474 g/mol. The molecule has 4 rings (SSSR count). The topological polar surface area (TPSA) is 59.8 Å². The summed E-state index contributed by atoms with van der Waals surface area (Å²) in [6.45, 7) is 3.88. The summed E-state index contributed by atoms with van der Waals surface area (Å²) in [7, 11) is 1.67. The van der Waals surface area contributed by atoms with Gasteiger partial charge in [0.25, 0.3) is 5.91 Å². The molecule has 1 aliphatic rings. The highest BCUT2D eigenvalue weighted by molar-refractivity contribution is 6.42. The number of amides is 1. The number of hydrogen-bond donors (Lipinski definition) is 0. The quantitative estimate of drug-likeness (QED) is 0.513. The molecular weight excluding hydrogens is 451 g/mol. The predicted molar refractivity (Wildman–Crippen MR) is 123 cm³/mol. The Bertz CT molecular complexity index is 1080. The summed E-state index contributed by atoms with van der Waals surface area (Å²) < 4.78 is 12.5. The van der Waals surface area contributed by atoms with Crippen LogP contribution >= 0.6 is 23.2 Å². The Morgan fingerprint density at radius 1 is 1.06 bits per heavy atom. The third-order valence-corrected chi connectivity index (χ3v) is 6.13. The number of halogens is 2. The molecule has 9 heteroatoms. The van der Waals surface area contributed by atoms with E-state index in [-0.39, 0.29) is 12.6 Å². The van der Waals surface area contributed by atoms with E-state index in [1.54, 1.807) is 42.3 Å². The lowest BCUT2D eigenvalue weighted by atomic mass is 10.2. The average molecular weight is 475 g/mol. The van der Waals surface area contributed by atoms with Crippen LogP contribution in [0.15, 0.2) is 54.7 Å². The predicted octanol–water partition coefficient (Wildman–Crippen LogP) is 4.19. The van der Waals surface area contributed by atoms with Gasteiger partial charge in [-0.2, -0.15) is 5.10 Å². The van der Waals surface area contributed by atoms with Crippen LogP contribution in [-0.2, 0) is 13.3 Å². The molecule has 0 atom stereocenters. The van der Waals surface area contributed by atoms with E-state index in [9.17, 15) is 4.79 Å². The van der Waals surface area contributed by atoms with Gasteiger partial charge >= 0.3 is 0 Å². The molecule has 0 radical (unpaired) electrons. The molecule has 2 aromatic carbocycles. The number of ether oxygens (including phenoxy) is 2. The van der Waals surface area contributed by atoms with Gasteiger partial charge in [-0.25, -0.2) is 4.68 Å². The van der Waals surface area contributed by atoms with E-state index < -0.39 is 0 Å². The second-order valence-corrected chi connectivity index (χ2v) is 8.27. The summed E-state index contributed by atoms with van der Waals surface area (Å²) in [5.41, 5.74) is 1.59. The fourth-order valence-electron chi connectivity index (χ4n) is 3.58. The molecule has 3 aromatic rings. The Hall–Kier alpha value is -2.74. The molecule has 1 aromatic heterocycles. The van der Waals surface area contributed by atoms with Crippen LogP contribution in [0.5, 0.6) is 11.5 Å². The average Bonchev–Trinajstić information content (AvgIpc) is 3.29. The Labute approximate surface area is 197 Å². The molecule has 1 fully saturated rings. The Morgan fingerprint density at radius 2 is 1.84 bits per heavy atom. The summed E-state index contributed by atoms with van der Waals surface area (Å²) in [5, 5.41) is 5.13. The van der Waals surface area contributed by atoms with Crippen LogP contribution in [0.4, 0.5) is 0 Å². The Morgan fingerprint density at radius 3 is 2.62 bits per heavy atom. The number of hydrogen-bond acceptors (Lipinski definition) is 5. The van der Waals surface area contributed by atoms with Crippen molar-refractivity contribution in [2.45, 2.75) is 13.3 Å². The van der Waals surface area contributed by atoms with E-state index in [4.69, 9.17) is 32.7 Å². The number of carbonyl (C=O) groups excluding carboxylic acids is 1. The number of rotatable bonds is 7. The summed E-state index contributed by atoms with van der Waals surface area (Å²) in [5.74, 6) is 1.24. The zero-order valence-electron chi connectivity index (χ0n) is 17.7. The first kappa shape index (κ1) is 22.5. The maximum Gasteiger partial charge on any atom is 0.274 e. The van der Waals surface area contributed by atoms with Crippen molar-refractivity contribution in [2.24, 2.45) is 0 Å². The molecule has 0 saturated carbocycles. The smallest absolute Gasteiger partial charge is 0.274 e. The molecule has 0 aliphatic carbocycles. The van der Waals surface area contributed by atoms with Crippen molar-refractivity contribution in [2.75, 3.05) is 33.3 Å². The number of nitrogens with zero attached hydrogens (tertiary/aromatic N) is 4. The lowest BCUT2D eigenvalue weighted by molar-refractivity contribution is 0.0621. The highest BCUT2D eigenvalue weighted by atomic mass is 35.5. The SMILES string of the molecule is COc1cccc(CN2CCN(C(=O)c3ccn(COc4cccc(Cl)c4Cl)n3)CC2)c1. The van der Waals surface area contributed by atoms with Crippen molar-refractivity contribution in [1.82, 2.24) is 19.6 Å². The molecular formula is C23H24Cl2N4O3. The molecule has 7 nitrogen and oxygen atoms in total. The van der Waals surface area contributed by atoms with Crippen molar-refractivity contribution in [3.05, 3.63) is 76.0 Å². The van der Waals surface area contributed by atoms with Crippen LogP contribution in [0.25, 0.3) is 0 Å². The van der Waals surface area contributed by atoms with Crippen molar-refractivity contribution in [3.8, 4) is 11.5 Å². The van der Waals surface area contributed by atoms with Crippen LogP contribution in [0.3, 0.4) is 0 Å². The van der Waals surface area contributed by atoms with Gasteiger partial charge in [0.05, 0.1) is 12.1 Å². The first-order valence-corrected chi connectivity index (χ1v) is 11.0. The Balaban J connectivity index is 1.29. The zero-order chi connectivity index (χ0) is 22.5. The highest BCUT2D eigenvalue weighted by Crippen LogP contribution is 2.31. The van der Waals surface area contributed by atoms with Crippen molar-refractivity contribution < 1.29 is 14.3 Å². The van der Waals surface area contributed by atoms with Gasteiger partial charge in [-0.15, -0.1) is 0 Å². The summed E-state index contributed by atoms with van der Waals surface area (Å²) in [6, 6.07) is 15.0. The molecule has 0 unspecified atom stereocenters. The van der Waals surface area contributed by atoms with Crippen LogP contribution in [0, 0.1) is 0 Å². The van der Waals surface area contributed by atoms with Gasteiger partial charge in [-0.1, -0.05) is 41.4 Å². The third-order valence-electron chi connectivity index (χ3n) is 5.33. The van der Waals surface area contributed by atoms with Crippen LogP contribution in [-0.4, -0.2) is 58.8 Å². The number of benzene rings is 2. The van der Waals surface area contributed by atoms with Gasteiger partial charge in [0, 0.05) is 38.9 Å².